The van der Waals surface area contributed by atoms with Crippen LogP contribution in [0.3, 0.4) is 0 Å². The Kier molecular flexibility index (Phi) is 6.97. The third-order valence-corrected chi connectivity index (χ3v) is 2.89. The fourth-order valence-corrected chi connectivity index (χ4v) is 1.84. The molecule has 0 atom stereocenters. The van der Waals surface area contributed by atoms with Gasteiger partial charge in [0.1, 0.15) is 0 Å². The zero-order valence-corrected chi connectivity index (χ0v) is 12.2. The summed E-state index contributed by atoms with van der Waals surface area (Å²) in [5, 5.41) is 6.17. The Morgan fingerprint density at radius 2 is 1.89 bits per heavy atom. The standard InChI is InChI=1S/C15H25N3O/c1-4-10-16-11-13-6-8-14(9-7-13)18(3)12-15(19)17-5-2/h6-9,16H,4-5,10-12H2,1-3H3,(H,17,19). The number of hydrogen-bond donors (Lipinski definition) is 2. The first kappa shape index (κ1) is 15.5. The molecular weight excluding hydrogens is 238 g/mol. The van der Waals surface area contributed by atoms with Crippen molar-refractivity contribution in [1.82, 2.24) is 10.6 Å². The Balaban J connectivity index is 2.48. The molecule has 0 radical (unpaired) electrons. The van der Waals surface area contributed by atoms with Crippen LogP contribution in [-0.2, 0) is 11.3 Å². The quantitative estimate of drug-likeness (QED) is 0.702. The van der Waals surface area contributed by atoms with E-state index in [2.05, 4.69) is 41.8 Å². The van der Waals surface area contributed by atoms with Crippen molar-refractivity contribution < 1.29 is 4.79 Å². The third kappa shape index (κ3) is 5.75. The van der Waals surface area contributed by atoms with E-state index in [1.807, 2.05) is 18.9 Å². The summed E-state index contributed by atoms with van der Waals surface area (Å²) < 4.78 is 0. The molecule has 0 heterocycles. The number of likely N-dealkylation sites (N-methyl/N-ethyl adjacent to an activating group) is 2. The predicted molar refractivity (Wildman–Crippen MR) is 80.4 cm³/mol. The summed E-state index contributed by atoms with van der Waals surface area (Å²) in [6, 6.07) is 8.32. The minimum atomic E-state index is 0.0543. The van der Waals surface area contributed by atoms with E-state index in [0.717, 1.165) is 25.2 Å². The molecule has 0 aliphatic heterocycles. The molecule has 1 aromatic rings. The van der Waals surface area contributed by atoms with Gasteiger partial charge in [-0.3, -0.25) is 4.79 Å². The fraction of sp³-hybridized carbons (Fsp3) is 0.533. The van der Waals surface area contributed by atoms with Gasteiger partial charge in [-0.05, 0) is 37.6 Å². The summed E-state index contributed by atoms with van der Waals surface area (Å²) in [5.41, 5.74) is 2.33. The van der Waals surface area contributed by atoms with Gasteiger partial charge in [0.15, 0.2) is 0 Å². The predicted octanol–water partition coefficient (Wildman–Crippen LogP) is 1.76. The molecule has 0 aliphatic carbocycles. The van der Waals surface area contributed by atoms with Gasteiger partial charge in [0, 0.05) is 25.8 Å². The number of benzene rings is 1. The molecule has 106 valence electrons. The molecule has 0 aliphatic rings. The summed E-state index contributed by atoms with van der Waals surface area (Å²) in [7, 11) is 1.93. The Bertz CT molecular complexity index is 375. The van der Waals surface area contributed by atoms with E-state index in [1.165, 1.54) is 5.56 Å². The van der Waals surface area contributed by atoms with Crippen LogP contribution >= 0.6 is 0 Å². The number of carbonyl (C=O) groups excluding carboxylic acids is 1. The monoisotopic (exact) mass is 263 g/mol. The highest BCUT2D eigenvalue weighted by Crippen LogP contribution is 2.13. The van der Waals surface area contributed by atoms with Gasteiger partial charge in [0.2, 0.25) is 5.91 Å². The molecule has 19 heavy (non-hydrogen) atoms. The van der Waals surface area contributed by atoms with Crippen molar-refractivity contribution in [2.75, 3.05) is 31.6 Å². The summed E-state index contributed by atoms with van der Waals surface area (Å²) >= 11 is 0. The van der Waals surface area contributed by atoms with Crippen LogP contribution in [0, 0.1) is 0 Å². The number of amides is 1. The van der Waals surface area contributed by atoms with E-state index in [1.54, 1.807) is 0 Å². The van der Waals surface area contributed by atoms with E-state index < -0.39 is 0 Å². The van der Waals surface area contributed by atoms with Crippen LogP contribution in [0.4, 0.5) is 5.69 Å². The summed E-state index contributed by atoms with van der Waals surface area (Å²) in [4.78, 5) is 13.5. The largest absolute Gasteiger partial charge is 0.365 e. The smallest absolute Gasteiger partial charge is 0.239 e. The highest BCUT2D eigenvalue weighted by Gasteiger charge is 2.06. The van der Waals surface area contributed by atoms with Crippen molar-refractivity contribution in [1.29, 1.82) is 0 Å². The molecule has 1 amide bonds. The second kappa shape index (κ2) is 8.53. The van der Waals surface area contributed by atoms with Gasteiger partial charge >= 0.3 is 0 Å². The molecule has 4 heteroatoms. The highest BCUT2D eigenvalue weighted by molar-refractivity contribution is 5.81. The molecular formula is C15H25N3O. The van der Waals surface area contributed by atoms with E-state index in [-0.39, 0.29) is 5.91 Å². The minimum absolute atomic E-state index is 0.0543. The van der Waals surface area contributed by atoms with Crippen LogP contribution in [-0.4, -0.2) is 32.6 Å². The zero-order chi connectivity index (χ0) is 14.1. The first-order chi connectivity index (χ1) is 9.17. The second-order valence-electron chi connectivity index (χ2n) is 4.65. The van der Waals surface area contributed by atoms with Crippen molar-refractivity contribution >= 4 is 11.6 Å². The van der Waals surface area contributed by atoms with Crippen molar-refractivity contribution in [3.63, 3.8) is 0 Å². The molecule has 0 fully saturated rings. The number of carbonyl (C=O) groups is 1. The van der Waals surface area contributed by atoms with Crippen LogP contribution < -0.4 is 15.5 Å². The van der Waals surface area contributed by atoms with Gasteiger partial charge in [-0.2, -0.15) is 0 Å². The van der Waals surface area contributed by atoms with Crippen molar-refractivity contribution in [3.05, 3.63) is 29.8 Å². The van der Waals surface area contributed by atoms with E-state index >= 15 is 0 Å². The summed E-state index contributed by atoms with van der Waals surface area (Å²) in [6.07, 6.45) is 1.15. The highest BCUT2D eigenvalue weighted by atomic mass is 16.1. The minimum Gasteiger partial charge on any atom is -0.365 e. The van der Waals surface area contributed by atoms with Crippen LogP contribution in [0.2, 0.25) is 0 Å². The first-order valence-electron chi connectivity index (χ1n) is 6.94. The Labute approximate surface area is 116 Å². The topological polar surface area (TPSA) is 44.4 Å². The lowest BCUT2D eigenvalue weighted by Crippen LogP contribution is -2.34. The third-order valence-electron chi connectivity index (χ3n) is 2.89. The van der Waals surface area contributed by atoms with E-state index in [0.29, 0.717) is 13.1 Å². The Morgan fingerprint density at radius 3 is 2.47 bits per heavy atom. The van der Waals surface area contributed by atoms with Crippen molar-refractivity contribution in [2.45, 2.75) is 26.8 Å². The normalized spacial score (nSPS) is 10.3. The number of rotatable bonds is 8. The zero-order valence-electron chi connectivity index (χ0n) is 12.2. The number of nitrogens with zero attached hydrogens (tertiary/aromatic N) is 1. The lowest BCUT2D eigenvalue weighted by molar-refractivity contribution is -0.119. The van der Waals surface area contributed by atoms with Crippen molar-refractivity contribution in [2.24, 2.45) is 0 Å². The van der Waals surface area contributed by atoms with Crippen LogP contribution in [0.5, 0.6) is 0 Å². The first-order valence-corrected chi connectivity index (χ1v) is 6.94. The molecule has 0 spiro atoms. The fourth-order valence-electron chi connectivity index (χ4n) is 1.84. The lowest BCUT2D eigenvalue weighted by atomic mass is 10.2. The van der Waals surface area contributed by atoms with Gasteiger partial charge in [-0.1, -0.05) is 19.1 Å². The second-order valence-corrected chi connectivity index (χ2v) is 4.65. The number of anilines is 1. The van der Waals surface area contributed by atoms with Gasteiger partial charge < -0.3 is 15.5 Å². The summed E-state index contributed by atoms with van der Waals surface area (Å²) in [6.45, 7) is 7.09. The maximum atomic E-state index is 11.5. The SMILES string of the molecule is CCCNCc1ccc(N(C)CC(=O)NCC)cc1. The summed E-state index contributed by atoms with van der Waals surface area (Å²) in [5.74, 6) is 0.0543. The average molecular weight is 263 g/mol. The molecule has 4 nitrogen and oxygen atoms in total. The number of nitrogens with one attached hydrogen (secondary N) is 2. The maximum Gasteiger partial charge on any atom is 0.239 e. The lowest BCUT2D eigenvalue weighted by Gasteiger charge is -2.19. The van der Waals surface area contributed by atoms with Crippen molar-refractivity contribution in [3.8, 4) is 0 Å². The molecule has 0 aromatic heterocycles. The molecule has 1 aromatic carbocycles. The Morgan fingerprint density at radius 1 is 1.21 bits per heavy atom. The average Bonchev–Trinajstić information content (AvgIpc) is 2.40. The molecule has 2 N–H and O–H groups in total. The number of hydrogen-bond acceptors (Lipinski definition) is 3. The maximum absolute atomic E-state index is 11.5. The molecule has 0 saturated carbocycles. The molecule has 0 bridgehead atoms. The molecule has 1 rings (SSSR count). The van der Waals surface area contributed by atoms with Gasteiger partial charge in [0.25, 0.3) is 0 Å². The van der Waals surface area contributed by atoms with Gasteiger partial charge in [-0.25, -0.2) is 0 Å². The van der Waals surface area contributed by atoms with E-state index in [4.69, 9.17) is 0 Å². The van der Waals surface area contributed by atoms with E-state index in [9.17, 15) is 4.79 Å². The molecule has 0 unspecified atom stereocenters. The van der Waals surface area contributed by atoms with Crippen LogP contribution in [0.25, 0.3) is 0 Å². The van der Waals surface area contributed by atoms with Gasteiger partial charge in [0.05, 0.1) is 6.54 Å². The van der Waals surface area contributed by atoms with Gasteiger partial charge in [-0.15, -0.1) is 0 Å². The van der Waals surface area contributed by atoms with Crippen LogP contribution in [0.1, 0.15) is 25.8 Å². The Hall–Kier alpha value is -1.55. The molecule has 0 saturated heterocycles. The van der Waals surface area contributed by atoms with Crippen LogP contribution in [0.15, 0.2) is 24.3 Å².